The maximum atomic E-state index is 8.35. The lowest BCUT2D eigenvalue weighted by Crippen LogP contribution is -2.15. The molecule has 0 radical (unpaired) electrons. The molecule has 152 valence electrons. The third kappa shape index (κ3) is 3.42. The number of hydrogen-bond acceptors (Lipinski definition) is 2. The van der Waals surface area contributed by atoms with Crippen molar-refractivity contribution in [2.75, 3.05) is 20.6 Å². The van der Waals surface area contributed by atoms with Crippen LogP contribution in [0.3, 0.4) is 0 Å². The fraction of sp³-hybridized carbons (Fsp3) is 0.250. The molecule has 1 aliphatic rings. The van der Waals surface area contributed by atoms with Crippen molar-refractivity contribution in [3.8, 4) is 11.1 Å². The zero-order valence-electron chi connectivity index (χ0n) is 18.6. The Bertz CT molecular complexity index is 1210. The maximum Gasteiger partial charge on any atom is 0.0262 e. The summed E-state index contributed by atoms with van der Waals surface area (Å²) in [5, 5.41) is 10.7. The highest BCUT2D eigenvalue weighted by Crippen LogP contribution is 2.42. The zero-order chi connectivity index (χ0) is 21.4. The van der Waals surface area contributed by atoms with Gasteiger partial charge in [0.1, 0.15) is 0 Å². The number of likely N-dealkylation sites (N-methyl/N-ethyl adjacent to an activating group) is 1. The Kier molecular flexibility index (Phi) is 5.44. The van der Waals surface area contributed by atoms with Gasteiger partial charge in [0.25, 0.3) is 0 Å². The zero-order valence-corrected chi connectivity index (χ0v) is 18.6. The molecule has 3 aromatic carbocycles. The average Bonchev–Trinajstić information content (AvgIpc) is 3.17. The van der Waals surface area contributed by atoms with Crippen molar-refractivity contribution in [2.24, 2.45) is 0 Å². The Labute approximate surface area is 180 Å². The number of hydrogen-bond donors (Lipinski definition) is 1. The third-order valence-corrected chi connectivity index (χ3v) is 6.40. The van der Waals surface area contributed by atoms with Crippen LogP contribution in [0.25, 0.3) is 27.5 Å². The highest BCUT2D eigenvalue weighted by atomic mass is 15.0. The fourth-order valence-corrected chi connectivity index (χ4v) is 4.61. The molecule has 30 heavy (non-hydrogen) atoms. The average molecular weight is 395 g/mol. The molecule has 0 bridgehead atoms. The van der Waals surface area contributed by atoms with E-state index >= 15 is 0 Å². The van der Waals surface area contributed by atoms with Gasteiger partial charge >= 0.3 is 0 Å². The lowest BCUT2D eigenvalue weighted by atomic mass is 9.83. The van der Waals surface area contributed by atoms with E-state index in [9.17, 15) is 0 Å². The van der Waals surface area contributed by atoms with Gasteiger partial charge in [-0.15, -0.1) is 0 Å². The van der Waals surface area contributed by atoms with Gasteiger partial charge in [0, 0.05) is 18.3 Å². The van der Waals surface area contributed by atoms with Crippen LogP contribution >= 0.6 is 0 Å². The minimum absolute atomic E-state index is 0.904. The Hall–Kier alpha value is -2.97. The molecular formula is C28H30N2. The molecule has 0 spiro atoms. The number of allylic oxidation sites excluding steroid dienone is 2. The van der Waals surface area contributed by atoms with E-state index in [-0.39, 0.29) is 0 Å². The van der Waals surface area contributed by atoms with Gasteiger partial charge < -0.3 is 10.3 Å². The molecular weight excluding hydrogens is 364 g/mol. The summed E-state index contributed by atoms with van der Waals surface area (Å²) in [5.41, 5.74) is 11.4. The molecule has 3 aromatic rings. The minimum Gasteiger partial charge on any atom is -0.308 e. The van der Waals surface area contributed by atoms with Gasteiger partial charge in [0.15, 0.2) is 0 Å². The first-order valence-corrected chi connectivity index (χ1v) is 10.6. The van der Waals surface area contributed by atoms with Crippen LogP contribution in [0.1, 0.15) is 34.2 Å². The summed E-state index contributed by atoms with van der Waals surface area (Å²) in [4.78, 5) is 2.22. The van der Waals surface area contributed by atoms with Gasteiger partial charge in [0.2, 0.25) is 0 Å². The van der Waals surface area contributed by atoms with E-state index in [1.165, 1.54) is 49.9 Å². The Balaban J connectivity index is 2.12. The normalized spacial score (nSPS) is 13.7. The Morgan fingerprint density at radius 1 is 0.967 bits per heavy atom. The van der Waals surface area contributed by atoms with Gasteiger partial charge in [-0.1, -0.05) is 48.6 Å². The second kappa shape index (κ2) is 8.04. The molecule has 0 unspecified atom stereocenters. The van der Waals surface area contributed by atoms with Gasteiger partial charge in [0.05, 0.1) is 0 Å². The van der Waals surface area contributed by atoms with E-state index in [1.54, 1.807) is 6.21 Å². The Morgan fingerprint density at radius 2 is 1.73 bits per heavy atom. The number of benzene rings is 3. The van der Waals surface area contributed by atoms with Crippen LogP contribution in [0.4, 0.5) is 0 Å². The molecule has 1 N–H and O–H groups in total. The molecule has 2 heteroatoms. The first-order valence-electron chi connectivity index (χ1n) is 10.6. The predicted octanol–water partition coefficient (Wildman–Crippen LogP) is 6.70. The highest BCUT2D eigenvalue weighted by molar-refractivity contribution is 6.09. The van der Waals surface area contributed by atoms with Crippen LogP contribution in [0.5, 0.6) is 0 Å². The van der Waals surface area contributed by atoms with E-state index in [1.807, 2.05) is 0 Å². The summed E-state index contributed by atoms with van der Waals surface area (Å²) < 4.78 is 0. The molecule has 0 fully saturated rings. The predicted molar refractivity (Wildman–Crippen MR) is 131 cm³/mol. The highest BCUT2D eigenvalue weighted by Gasteiger charge is 2.22. The smallest absolute Gasteiger partial charge is 0.0262 e. The molecule has 0 saturated heterocycles. The molecule has 4 rings (SSSR count). The van der Waals surface area contributed by atoms with Crippen molar-refractivity contribution < 1.29 is 0 Å². The first kappa shape index (κ1) is 20.3. The van der Waals surface area contributed by atoms with Crippen molar-refractivity contribution in [1.82, 2.24) is 4.90 Å². The Morgan fingerprint density at radius 3 is 2.47 bits per heavy atom. The van der Waals surface area contributed by atoms with Crippen LogP contribution in [0.2, 0.25) is 0 Å². The lowest BCUT2D eigenvalue weighted by Gasteiger charge is -2.22. The van der Waals surface area contributed by atoms with Crippen molar-refractivity contribution in [1.29, 1.82) is 5.41 Å². The summed E-state index contributed by atoms with van der Waals surface area (Å²) >= 11 is 0. The second-order valence-corrected chi connectivity index (χ2v) is 8.61. The molecule has 2 nitrogen and oxygen atoms in total. The largest absolute Gasteiger partial charge is 0.308 e. The first-order chi connectivity index (χ1) is 14.4. The monoisotopic (exact) mass is 394 g/mol. The van der Waals surface area contributed by atoms with E-state index < -0.39 is 0 Å². The van der Waals surface area contributed by atoms with Crippen LogP contribution in [-0.2, 0) is 0 Å². The van der Waals surface area contributed by atoms with E-state index in [0.29, 0.717) is 0 Å². The van der Waals surface area contributed by atoms with Crippen LogP contribution in [-0.4, -0.2) is 31.8 Å². The quantitative estimate of drug-likeness (QED) is 0.479. The summed E-state index contributed by atoms with van der Waals surface area (Å²) in [6.45, 7) is 7.51. The summed E-state index contributed by atoms with van der Waals surface area (Å²) in [5.74, 6) is 0. The van der Waals surface area contributed by atoms with Crippen molar-refractivity contribution in [2.45, 2.75) is 27.2 Å². The molecule has 0 amide bonds. The molecule has 1 aliphatic carbocycles. The van der Waals surface area contributed by atoms with Gasteiger partial charge in [-0.2, -0.15) is 0 Å². The maximum absolute atomic E-state index is 8.35. The number of nitrogens with one attached hydrogen (secondary N) is 1. The lowest BCUT2D eigenvalue weighted by molar-refractivity contribution is 0.450. The second-order valence-electron chi connectivity index (χ2n) is 8.61. The molecule has 0 saturated carbocycles. The van der Waals surface area contributed by atoms with Crippen LogP contribution in [0, 0.1) is 26.2 Å². The molecule has 0 aromatic heterocycles. The van der Waals surface area contributed by atoms with Gasteiger partial charge in [-0.3, -0.25) is 0 Å². The minimum atomic E-state index is 0.904. The van der Waals surface area contributed by atoms with Crippen molar-refractivity contribution in [3.05, 3.63) is 88.0 Å². The topological polar surface area (TPSA) is 27.1 Å². The summed E-state index contributed by atoms with van der Waals surface area (Å²) in [7, 11) is 4.23. The van der Waals surface area contributed by atoms with E-state index in [0.717, 1.165) is 23.9 Å². The summed E-state index contributed by atoms with van der Waals surface area (Å²) in [6, 6.07) is 15.3. The number of aryl methyl sites for hydroxylation is 1. The van der Waals surface area contributed by atoms with Gasteiger partial charge in [-0.05, 0) is 103 Å². The number of nitrogens with zero attached hydrogens (tertiary/aromatic N) is 1. The molecule has 0 atom stereocenters. The molecule has 0 heterocycles. The standard InChI is InChI=1S/C28H30N2/c1-18-13-14-23(20(3)19(18)2)26-15-21-9-6-7-11-24(21)27(16-29)28(26)25-12-8-10-22(25)17-30(4)5/h6-11,13-16,29H,12,17H2,1-5H3. The van der Waals surface area contributed by atoms with Crippen molar-refractivity contribution >= 4 is 22.6 Å². The SMILES string of the molecule is Cc1ccc(-c2cc3ccccc3c(C=N)c2C2=C(CN(C)C)C=CC2)c(C)c1C. The van der Waals surface area contributed by atoms with Crippen molar-refractivity contribution in [3.63, 3.8) is 0 Å². The van der Waals surface area contributed by atoms with Crippen LogP contribution < -0.4 is 0 Å². The van der Waals surface area contributed by atoms with E-state index in [4.69, 9.17) is 5.41 Å². The van der Waals surface area contributed by atoms with Crippen LogP contribution in [0.15, 0.2) is 60.2 Å². The number of fused-ring (bicyclic) bond motifs is 1. The van der Waals surface area contributed by atoms with Gasteiger partial charge in [-0.25, -0.2) is 0 Å². The fourth-order valence-electron chi connectivity index (χ4n) is 4.61. The summed E-state index contributed by atoms with van der Waals surface area (Å²) in [6.07, 6.45) is 6.98. The molecule has 0 aliphatic heterocycles. The van der Waals surface area contributed by atoms with E-state index in [2.05, 4.69) is 94.4 Å². The third-order valence-electron chi connectivity index (χ3n) is 6.40. The number of rotatable bonds is 5.